The van der Waals surface area contributed by atoms with Crippen molar-refractivity contribution in [2.24, 2.45) is 5.73 Å². The third-order valence-corrected chi connectivity index (χ3v) is 7.89. The highest BCUT2D eigenvalue weighted by Crippen LogP contribution is 2.36. The van der Waals surface area contributed by atoms with Crippen molar-refractivity contribution in [3.05, 3.63) is 108 Å². The van der Waals surface area contributed by atoms with Gasteiger partial charge in [-0.3, -0.25) is 0 Å². The number of halogens is 3. The monoisotopic (exact) mass is 531 g/mol. The van der Waals surface area contributed by atoms with Crippen LogP contribution >= 0.6 is 0 Å². The molecule has 1 unspecified atom stereocenters. The van der Waals surface area contributed by atoms with E-state index in [1.54, 1.807) is 30.3 Å². The van der Waals surface area contributed by atoms with Gasteiger partial charge in [-0.1, -0.05) is 36.4 Å². The van der Waals surface area contributed by atoms with Crippen molar-refractivity contribution in [3.8, 4) is 17.2 Å². The first kappa shape index (κ1) is 26.5. The number of nitrogens with two attached hydrogens (primary N) is 1. The number of hydrogen-bond acceptors (Lipinski definition) is 5. The molecule has 1 heterocycles. The van der Waals surface area contributed by atoms with Crippen LogP contribution in [0.5, 0.6) is 17.2 Å². The summed E-state index contributed by atoms with van der Waals surface area (Å²) in [6.07, 6.45) is -0.487. The van der Waals surface area contributed by atoms with Gasteiger partial charge in [0.25, 0.3) is 0 Å². The van der Waals surface area contributed by atoms with E-state index >= 15 is 0 Å². The smallest absolute Gasteiger partial charge is 0.408 e. The second-order valence-electron chi connectivity index (χ2n) is 8.47. The number of sulfonamides is 1. The maximum absolute atomic E-state index is 13.2. The number of alkyl halides is 3. The van der Waals surface area contributed by atoms with E-state index in [0.717, 1.165) is 5.56 Å². The minimum Gasteiger partial charge on any atom is -0.489 e. The Balaban J connectivity index is 1.51. The zero-order valence-corrected chi connectivity index (χ0v) is 20.6. The highest BCUT2D eigenvalue weighted by Gasteiger charge is 2.50. The highest BCUT2D eigenvalue weighted by atomic mass is 32.2. The Labute approximate surface area is 213 Å². The lowest BCUT2D eigenvalue weighted by molar-refractivity contribution is -0.106. The molecule has 0 fully saturated rings. The van der Waals surface area contributed by atoms with Gasteiger partial charge in [-0.15, -0.1) is 0 Å². The highest BCUT2D eigenvalue weighted by molar-refractivity contribution is 7.91. The molecule has 0 saturated heterocycles. The van der Waals surface area contributed by atoms with E-state index < -0.39 is 25.8 Å². The summed E-state index contributed by atoms with van der Waals surface area (Å²) in [7, 11) is -4.73. The number of ether oxygens (including phenoxy) is 2. The maximum atomic E-state index is 13.2. The molecule has 0 saturated carbocycles. The van der Waals surface area contributed by atoms with Gasteiger partial charge in [-0.25, -0.2) is 0 Å². The van der Waals surface area contributed by atoms with Crippen molar-refractivity contribution in [1.82, 2.24) is 3.89 Å². The van der Waals surface area contributed by atoms with Crippen LogP contribution in [0, 0.1) is 0 Å². The quantitative estimate of drug-likeness (QED) is 0.360. The summed E-state index contributed by atoms with van der Waals surface area (Å²) >= 11 is 0. The molecule has 0 spiro atoms. The average Bonchev–Trinajstić information content (AvgIpc) is 2.88. The van der Waals surface area contributed by atoms with Crippen LogP contribution in [0.15, 0.2) is 103 Å². The molecular weight excluding hydrogens is 505 g/mol. The van der Waals surface area contributed by atoms with E-state index in [2.05, 4.69) is 0 Å². The van der Waals surface area contributed by atoms with E-state index in [9.17, 15) is 21.6 Å². The molecule has 1 aliphatic heterocycles. The normalized spacial score (nSPS) is 17.8. The summed E-state index contributed by atoms with van der Waals surface area (Å²) in [6.45, 7) is 0.228. The number of rotatable bonds is 9. The fraction of sp³-hybridized carbons (Fsp3) is 0.185. The standard InChI is InChI=1S/C27H26F3N2O4S/c28-27(29,30)20-37(33,34)32(16-4-7-22(17-31)18-32)23-8-10-25(11-9-23)36-26-14-12-24(13-15-26)35-19-21-5-2-1-3-6-21/h1-15,18H,16-17,19-20,31H2/q+1. The molecule has 6 nitrogen and oxygen atoms in total. The molecule has 3 aromatic carbocycles. The van der Waals surface area contributed by atoms with Crippen LogP contribution in [-0.4, -0.2) is 33.4 Å². The molecule has 0 radical (unpaired) electrons. The van der Waals surface area contributed by atoms with Crippen molar-refractivity contribution >= 4 is 15.7 Å². The third-order valence-electron chi connectivity index (χ3n) is 5.74. The zero-order chi connectivity index (χ0) is 26.5. The Morgan fingerprint density at radius 3 is 2.05 bits per heavy atom. The predicted octanol–water partition coefficient (Wildman–Crippen LogP) is 5.67. The van der Waals surface area contributed by atoms with Crippen LogP contribution in [0.2, 0.25) is 0 Å². The molecule has 1 atom stereocenters. The Bertz CT molecular complexity index is 1370. The molecule has 0 bridgehead atoms. The van der Waals surface area contributed by atoms with Crippen molar-refractivity contribution < 1.29 is 31.1 Å². The molecule has 4 rings (SSSR count). The number of nitrogens with zero attached hydrogens (tertiary/aromatic N) is 1. The predicted molar refractivity (Wildman–Crippen MR) is 137 cm³/mol. The van der Waals surface area contributed by atoms with Gasteiger partial charge in [-0.2, -0.15) is 25.5 Å². The van der Waals surface area contributed by atoms with Crippen LogP contribution in [-0.2, 0) is 16.6 Å². The Kier molecular flexibility index (Phi) is 7.72. The minimum atomic E-state index is -4.89. The second kappa shape index (κ2) is 10.8. The maximum Gasteiger partial charge on any atom is 0.408 e. The van der Waals surface area contributed by atoms with E-state index in [0.29, 0.717) is 29.4 Å². The van der Waals surface area contributed by atoms with Crippen LogP contribution in [0.3, 0.4) is 0 Å². The molecule has 0 aliphatic carbocycles. The first-order valence-corrected chi connectivity index (χ1v) is 13.0. The molecule has 37 heavy (non-hydrogen) atoms. The number of hydrogen-bond donors (Lipinski definition) is 1. The summed E-state index contributed by atoms with van der Waals surface area (Å²) in [4.78, 5) is 0. The second-order valence-corrected chi connectivity index (χ2v) is 10.6. The summed E-state index contributed by atoms with van der Waals surface area (Å²) in [5, 5.41) is 0. The lowest BCUT2D eigenvalue weighted by atomic mass is 10.2. The van der Waals surface area contributed by atoms with Crippen molar-refractivity contribution in [2.75, 3.05) is 18.8 Å². The van der Waals surface area contributed by atoms with E-state index in [1.165, 1.54) is 36.5 Å². The van der Waals surface area contributed by atoms with Gasteiger partial charge in [0, 0.05) is 24.3 Å². The number of benzene rings is 3. The molecule has 194 valence electrons. The first-order chi connectivity index (χ1) is 17.6. The Morgan fingerprint density at radius 2 is 1.46 bits per heavy atom. The van der Waals surface area contributed by atoms with Gasteiger partial charge in [-0.05, 0) is 48.0 Å². The topological polar surface area (TPSA) is 78.6 Å². The number of quaternary nitrogens is 1. The first-order valence-electron chi connectivity index (χ1n) is 11.4. The van der Waals surface area contributed by atoms with Crippen molar-refractivity contribution in [1.29, 1.82) is 0 Å². The summed E-state index contributed by atoms with van der Waals surface area (Å²) in [5.74, 6) is -0.393. The SMILES string of the molecule is NCC1=C[N+](c2ccc(Oc3ccc(OCc4ccccc4)cc3)cc2)(S(=O)(=O)CC(F)(F)F)CC=C1. The minimum absolute atomic E-state index is 0.00963. The molecule has 10 heteroatoms. The fourth-order valence-corrected chi connectivity index (χ4v) is 5.64. The molecule has 3 aromatic rings. The molecule has 1 aliphatic rings. The summed E-state index contributed by atoms with van der Waals surface area (Å²) in [6, 6.07) is 22.6. The van der Waals surface area contributed by atoms with Crippen molar-refractivity contribution in [2.45, 2.75) is 12.8 Å². The van der Waals surface area contributed by atoms with Gasteiger partial charge in [0.05, 0.1) is 0 Å². The zero-order valence-electron chi connectivity index (χ0n) is 19.8. The van der Waals surface area contributed by atoms with E-state index in [-0.39, 0.29) is 18.8 Å². The Morgan fingerprint density at radius 1 is 0.865 bits per heavy atom. The van der Waals surface area contributed by atoms with E-state index in [4.69, 9.17) is 15.2 Å². The molecule has 0 amide bonds. The fourth-order valence-electron chi connectivity index (χ4n) is 3.95. The van der Waals surface area contributed by atoms with Gasteiger partial charge >= 0.3 is 16.2 Å². The van der Waals surface area contributed by atoms with Gasteiger partial charge in [0.2, 0.25) is 0 Å². The van der Waals surface area contributed by atoms with Gasteiger partial charge < -0.3 is 15.2 Å². The molecular formula is C27H26F3N2O4S+. The molecule has 0 aromatic heterocycles. The third kappa shape index (κ3) is 6.40. The van der Waals surface area contributed by atoms with E-state index in [1.807, 2.05) is 30.3 Å². The van der Waals surface area contributed by atoms with Crippen LogP contribution in [0.1, 0.15) is 5.56 Å². The lowest BCUT2D eigenvalue weighted by Crippen LogP contribution is -2.54. The summed E-state index contributed by atoms with van der Waals surface area (Å²) in [5.41, 5.74) is 7.28. The molecule has 2 N–H and O–H groups in total. The van der Waals surface area contributed by atoms with Gasteiger partial charge in [0.1, 0.15) is 36.6 Å². The average molecular weight is 532 g/mol. The Hall–Kier alpha value is -3.60. The van der Waals surface area contributed by atoms with Crippen LogP contribution < -0.4 is 19.1 Å². The van der Waals surface area contributed by atoms with Crippen LogP contribution in [0.25, 0.3) is 0 Å². The van der Waals surface area contributed by atoms with Gasteiger partial charge in [0.15, 0.2) is 11.4 Å². The lowest BCUT2D eigenvalue weighted by Gasteiger charge is -2.34. The van der Waals surface area contributed by atoms with Crippen molar-refractivity contribution in [3.63, 3.8) is 0 Å². The summed E-state index contributed by atoms with van der Waals surface area (Å²) < 4.78 is 76.1. The largest absolute Gasteiger partial charge is 0.489 e. The van der Waals surface area contributed by atoms with Crippen LogP contribution in [0.4, 0.5) is 18.9 Å².